The number of rotatable bonds is 3. The van der Waals surface area contributed by atoms with Gasteiger partial charge in [-0.15, -0.1) is 0 Å². The van der Waals surface area contributed by atoms with Crippen LogP contribution in [-0.4, -0.2) is 22.8 Å². The van der Waals surface area contributed by atoms with E-state index >= 15 is 0 Å². The highest BCUT2D eigenvalue weighted by Gasteiger charge is 2.37. The lowest BCUT2D eigenvalue weighted by atomic mass is 10.2. The van der Waals surface area contributed by atoms with Crippen molar-refractivity contribution in [3.63, 3.8) is 0 Å². The van der Waals surface area contributed by atoms with Crippen molar-refractivity contribution < 1.29 is 26.9 Å². The molecule has 0 aromatic heterocycles. The molecule has 100 valence electrons. The molecule has 1 atom stereocenters. The Labute approximate surface area is 108 Å². The minimum absolute atomic E-state index is 0.0187. The number of halogens is 4. The Morgan fingerprint density at radius 3 is 2.56 bits per heavy atom. The van der Waals surface area contributed by atoms with E-state index in [1.54, 1.807) is 4.72 Å². The van der Waals surface area contributed by atoms with Crippen molar-refractivity contribution in [1.29, 1.82) is 0 Å². The van der Waals surface area contributed by atoms with Crippen LogP contribution in [0.3, 0.4) is 0 Å². The average molecular weight is 302 g/mol. The van der Waals surface area contributed by atoms with E-state index in [-0.39, 0.29) is 16.3 Å². The van der Waals surface area contributed by atoms with Gasteiger partial charge < -0.3 is 4.74 Å². The maximum absolute atomic E-state index is 12.1. The quantitative estimate of drug-likeness (QED) is 0.873. The molecule has 1 aromatic carbocycles. The first-order chi connectivity index (χ1) is 8.25. The van der Waals surface area contributed by atoms with Gasteiger partial charge in [0.05, 0.1) is 17.7 Å². The number of hydrogen-bond acceptors (Lipinski definition) is 3. The largest absolute Gasteiger partial charge is 0.490 e. The molecule has 1 unspecified atom stereocenters. The van der Waals surface area contributed by atoms with Gasteiger partial charge in [0.15, 0.2) is 0 Å². The Balaban J connectivity index is 2.99. The van der Waals surface area contributed by atoms with Crippen molar-refractivity contribution >= 4 is 34.2 Å². The molecule has 0 saturated heterocycles. The molecule has 1 aromatic rings. The lowest BCUT2D eigenvalue weighted by molar-refractivity contribution is -0.0379. The molecule has 9 heteroatoms. The van der Waals surface area contributed by atoms with E-state index in [1.807, 2.05) is 0 Å². The smallest absolute Gasteiger partial charge is 0.465 e. The predicted octanol–water partition coefficient (Wildman–Crippen LogP) is 2.72. The standard InChI is InChI=1S/C9H7ClF3NO3S/c1-17-8(15)6-4-5(2-3-7(6)10)14-18(16)9(11,12)13/h2-4,14H,1H3. The number of nitrogens with one attached hydrogen (secondary N) is 1. The zero-order valence-electron chi connectivity index (χ0n) is 8.88. The molecule has 0 radical (unpaired) electrons. The van der Waals surface area contributed by atoms with Crippen LogP contribution in [0, 0.1) is 0 Å². The van der Waals surface area contributed by atoms with E-state index in [1.165, 1.54) is 12.1 Å². The van der Waals surface area contributed by atoms with Crippen molar-refractivity contribution in [2.24, 2.45) is 0 Å². The van der Waals surface area contributed by atoms with Gasteiger partial charge in [0.25, 0.3) is 0 Å². The Kier molecular flexibility index (Phi) is 4.58. The maximum atomic E-state index is 12.1. The molecule has 0 saturated carbocycles. The van der Waals surface area contributed by atoms with Crippen LogP contribution < -0.4 is 4.72 Å². The molecule has 0 bridgehead atoms. The van der Waals surface area contributed by atoms with E-state index < -0.39 is 22.5 Å². The summed E-state index contributed by atoms with van der Waals surface area (Å²) in [4.78, 5) is 11.2. The summed E-state index contributed by atoms with van der Waals surface area (Å²) in [6.07, 6.45) is 0. The predicted molar refractivity (Wildman–Crippen MR) is 60.6 cm³/mol. The van der Waals surface area contributed by atoms with Crippen LogP contribution in [0.5, 0.6) is 0 Å². The fraction of sp³-hybridized carbons (Fsp3) is 0.222. The third-order valence-corrected chi connectivity index (χ3v) is 2.96. The van der Waals surface area contributed by atoms with Crippen LogP contribution in [0.25, 0.3) is 0 Å². The number of methoxy groups -OCH3 is 1. The van der Waals surface area contributed by atoms with Crippen LogP contribution in [0.2, 0.25) is 5.02 Å². The second kappa shape index (κ2) is 5.57. The minimum Gasteiger partial charge on any atom is -0.465 e. The SMILES string of the molecule is COC(=O)c1cc(NS(=O)C(F)(F)F)ccc1Cl. The Bertz CT molecular complexity index is 492. The highest BCUT2D eigenvalue weighted by Crippen LogP contribution is 2.25. The van der Waals surface area contributed by atoms with Crippen molar-refractivity contribution in [3.05, 3.63) is 28.8 Å². The summed E-state index contributed by atoms with van der Waals surface area (Å²) in [5, 5.41) is 0.0187. The highest BCUT2D eigenvalue weighted by molar-refractivity contribution is 7.87. The van der Waals surface area contributed by atoms with E-state index in [2.05, 4.69) is 4.74 Å². The normalized spacial score (nSPS) is 12.9. The average Bonchev–Trinajstić information content (AvgIpc) is 2.29. The first kappa shape index (κ1) is 14.8. The third kappa shape index (κ3) is 3.61. The molecule has 0 aliphatic carbocycles. The number of carbonyl (C=O) groups is 1. The summed E-state index contributed by atoms with van der Waals surface area (Å²) in [7, 11) is -2.16. The molecule has 0 spiro atoms. The molecule has 4 nitrogen and oxygen atoms in total. The van der Waals surface area contributed by atoms with Gasteiger partial charge in [0.1, 0.15) is 0 Å². The maximum Gasteiger partial charge on any atom is 0.490 e. The zero-order valence-corrected chi connectivity index (χ0v) is 10.4. The summed E-state index contributed by atoms with van der Waals surface area (Å²) >= 11 is 5.67. The number of hydrogen-bond donors (Lipinski definition) is 1. The van der Waals surface area contributed by atoms with Gasteiger partial charge in [0.2, 0.25) is 11.0 Å². The van der Waals surface area contributed by atoms with Gasteiger partial charge in [-0.3, -0.25) is 4.72 Å². The summed E-state index contributed by atoms with van der Waals surface area (Å²) in [6.45, 7) is 0. The number of carbonyl (C=O) groups excluding carboxylic acids is 1. The van der Waals surface area contributed by atoms with Crippen LogP contribution in [0.4, 0.5) is 18.9 Å². The number of benzene rings is 1. The highest BCUT2D eigenvalue weighted by atomic mass is 35.5. The Hall–Kier alpha value is -1.28. The summed E-state index contributed by atoms with van der Waals surface area (Å²) in [5.74, 6) is -0.804. The number of alkyl halides is 3. The Morgan fingerprint density at radius 1 is 1.44 bits per heavy atom. The molecule has 0 fully saturated rings. The molecule has 1 rings (SSSR count). The van der Waals surface area contributed by atoms with Gasteiger partial charge in [0, 0.05) is 5.69 Å². The molecule has 0 amide bonds. The molecule has 18 heavy (non-hydrogen) atoms. The summed E-state index contributed by atoms with van der Waals surface area (Å²) < 4.78 is 53.1. The van der Waals surface area contributed by atoms with Crippen molar-refractivity contribution in [2.45, 2.75) is 5.51 Å². The Morgan fingerprint density at radius 2 is 2.06 bits per heavy atom. The van der Waals surface area contributed by atoms with Gasteiger partial charge >= 0.3 is 11.5 Å². The van der Waals surface area contributed by atoms with Crippen molar-refractivity contribution in [3.8, 4) is 0 Å². The fourth-order valence-corrected chi connectivity index (χ4v) is 1.67. The molecule has 0 heterocycles. The zero-order chi connectivity index (χ0) is 13.9. The molecule has 1 N–H and O–H groups in total. The van der Waals surface area contributed by atoms with E-state index in [0.29, 0.717) is 0 Å². The topological polar surface area (TPSA) is 55.4 Å². The number of esters is 1. The van der Waals surface area contributed by atoms with Gasteiger partial charge in [-0.25, -0.2) is 9.00 Å². The summed E-state index contributed by atoms with van der Waals surface area (Å²) in [6, 6.07) is 3.39. The van der Waals surface area contributed by atoms with Crippen molar-refractivity contribution in [2.75, 3.05) is 11.8 Å². The van der Waals surface area contributed by atoms with Gasteiger partial charge in [-0.1, -0.05) is 11.6 Å². The van der Waals surface area contributed by atoms with Crippen LogP contribution in [0.15, 0.2) is 18.2 Å². The van der Waals surface area contributed by atoms with Gasteiger partial charge in [-0.2, -0.15) is 13.2 Å². The van der Waals surface area contributed by atoms with Crippen LogP contribution in [0.1, 0.15) is 10.4 Å². The number of ether oxygens (including phenoxy) is 1. The lowest BCUT2D eigenvalue weighted by Crippen LogP contribution is -2.23. The van der Waals surface area contributed by atoms with Gasteiger partial charge in [-0.05, 0) is 18.2 Å². The van der Waals surface area contributed by atoms with Crippen molar-refractivity contribution in [1.82, 2.24) is 0 Å². The lowest BCUT2D eigenvalue weighted by Gasteiger charge is -2.10. The second-order valence-electron chi connectivity index (χ2n) is 3.00. The minimum atomic E-state index is -4.90. The fourth-order valence-electron chi connectivity index (χ4n) is 1.02. The van der Waals surface area contributed by atoms with E-state index in [4.69, 9.17) is 11.6 Å². The monoisotopic (exact) mass is 301 g/mol. The molecule has 0 aliphatic rings. The first-order valence-corrected chi connectivity index (χ1v) is 5.91. The molecular weight excluding hydrogens is 295 g/mol. The third-order valence-electron chi connectivity index (χ3n) is 1.79. The van der Waals surface area contributed by atoms with Crippen LogP contribution >= 0.6 is 11.6 Å². The molecule has 0 aliphatic heterocycles. The number of anilines is 1. The summed E-state index contributed by atoms with van der Waals surface area (Å²) in [5.41, 5.74) is -5.18. The second-order valence-corrected chi connectivity index (χ2v) is 4.61. The first-order valence-electron chi connectivity index (χ1n) is 4.39. The van der Waals surface area contributed by atoms with E-state index in [9.17, 15) is 22.2 Å². The van der Waals surface area contributed by atoms with E-state index in [0.717, 1.165) is 13.2 Å². The van der Waals surface area contributed by atoms with Crippen LogP contribution in [-0.2, 0) is 15.7 Å². The molecular formula is C9H7ClF3NO3S.